The van der Waals surface area contributed by atoms with Crippen molar-refractivity contribution in [3.05, 3.63) is 30.9 Å². The van der Waals surface area contributed by atoms with Crippen molar-refractivity contribution in [2.24, 2.45) is 0 Å². The number of hydrogen-bond acceptors (Lipinski definition) is 6. The van der Waals surface area contributed by atoms with Gasteiger partial charge in [0.25, 0.3) is 0 Å². The van der Waals surface area contributed by atoms with Gasteiger partial charge in [-0.15, -0.1) is 0 Å². The van der Waals surface area contributed by atoms with Gasteiger partial charge < -0.3 is 10.5 Å². The second-order valence-electron chi connectivity index (χ2n) is 2.88. The van der Waals surface area contributed by atoms with Crippen LogP contribution in [-0.4, -0.2) is 22.1 Å². The summed E-state index contributed by atoms with van der Waals surface area (Å²) in [5.74, 6) is 0.846. The number of aromatic nitrogens is 3. The number of pyridine rings is 1. The lowest BCUT2D eigenvalue weighted by atomic mass is 10.5. The van der Waals surface area contributed by atoms with Crippen LogP contribution >= 0.6 is 11.8 Å². The number of nitrogens with zero attached hydrogens (tertiary/aromatic N) is 3. The van der Waals surface area contributed by atoms with Gasteiger partial charge in [0.15, 0.2) is 11.6 Å². The van der Waals surface area contributed by atoms with E-state index in [1.54, 1.807) is 19.5 Å². The van der Waals surface area contributed by atoms with E-state index in [2.05, 4.69) is 15.0 Å². The first kappa shape index (κ1) is 10.7. The van der Waals surface area contributed by atoms with E-state index in [0.717, 1.165) is 4.90 Å². The van der Waals surface area contributed by atoms with Crippen LogP contribution in [0.1, 0.15) is 0 Å². The number of methoxy groups -OCH3 is 1. The SMILES string of the molecule is COc1c(N)ncnc1Sc1ccncc1. The van der Waals surface area contributed by atoms with Crippen molar-refractivity contribution >= 4 is 17.6 Å². The molecular weight excluding hydrogens is 224 g/mol. The predicted molar refractivity (Wildman–Crippen MR) is 61.4 cm³/mol. The highest BCUT2D eigenvalue weighted by Crippen LogP contribution is 2.34. The second-order valence-corrected chi connectivity index (χ2v) is 3.94. The van der Waals surface area contributed by atoms with E-state index in [0.29, 0.717) is 16.6 Å². The van der Waals surface area contributed by atoms with Crippen molar-refractivity contribution in [3.8, 4) is 5.75 Å². The predicted octanol–water partition coefficient (Wildman–Crippen LogP) is 1.61. The lowest BCUT2D eigenvalue weighted by Crippen LogP contribution is -1.98. The van der Waals surface area contributed by atoms with Crippen molar-refractivity contribution in [1.82, 2.24) is 15.0 Å². The van der Waals surface area contributed by atoms with Crippen molar-refractivity contribution in [2.45, 2.75) is 9.92 Å². The maximum absolute atomic E-state index is 5.68. The molecule has 2 rings (SSSR count). The largest absolute Gasteiger partial charge is 0.490 e. The molecule has 16 heavy (non-hydrogen) atoms. The number of nitrogen functional groups attached to an aromatic ring is 1. The Bertz CT molecular complexity index is 478. The van der Waals surface area contributed by atoms with Gasteiger partial charge >= 0.3 is 0 Å². The van der Waals surface area contributed by atoms with Crippen LogP contribution in [0.25, 0.3) is 0 Å². The van der Waals surface area contributed by atoms with E-state index in [9.17, 15) is 0 Å². The molecule has 0 aromatic carbocycles. The van der Waals surface area contributed by atoms with Gasteiger partial charge in [0.2, 0.25) is 0 Å². The molecule has 0 radical (unpaired) electrons. The first-order valence-corrected chi connectivity index (χ1v) is 5.35. The fourth-order valence-electron chi connectivity index (χ4n) is 1.15. The molecule has 0 fully saturated rings. The lowest BCUT2D eigenvalue weighted by molar-refractivity contribution is 0.401. The van der Waals surface area contributed by atoms with E-state index in [4.69, 9.17) is 10.5 Å². The number of nitrogens with two attached hydrogens (primary N) is 1. The highest BCUT2D eigenvalue weighted by molar-refractivity contribution is 7.99. The van der Waals surface area contributed by atoms with Gasteiger partial charge in [0.05, 0.1) is 7.11 Å². The summed E-state index contributed by atoms with van der Waals surface area (Å²) in [6.45, 7) is 0. The minimum absolute atomic E-state index is 0.342. The molecule has 0 aliphatic rings. The van der Waals surface area contributed by atoms with Crippen LogP contribution in [0.4, 0.5) is 5.82 Å². The van der Waals surface area contributed by atoms with Crippen LogP contribution < -0.4 is 10.5 Å². The van der Waals surface area contributed by atoms with E-state index in [-0.39, 0.29) is 0 Å². The van der Waals surface area contributed by atoms with Crippen LogP contribution in [0.2, 0.25) is 0 Å². The third kappa shape index (κ3) is 2.22. The van der Waals surface area contributed by atoms with Gasteiger partial charge in [-0.1, -0.05) is 11.8 Å². The van der Waals surface area contributed by atoms with Crippen LogP contribution in [0, 0.1) is 0 Å². The molecule has 2 aromatic rings. The van der Waals surface area contributed by atoms with Crippen LogP contribution in [0.5, 0.6) is 5.75 Å². The smallest absolute Gasteiger partial charge is 0.193 e. The minimum atomic E-state index is 0.342. The zero-order chi connectivity index (χ0) is 11.4. The first-order chi connectivity index (χ1) is 7.81. The van der Waals surface area contributed by atoms with Crippen molar-refractivity contribution in [2.75, 3.05) is 12.8 Å². The van der Waals surface area contributed by atoms with Crippen LogP contribution in [0.15, 0.2) is 40.8 Å². The summed E-state index contributed by atoms with van der Waals surface area (Å²) in [5.41, 5.74) is 5.68. The lowest BCUT2D eigenvalue weighted by Gasteiger charge is -2.07. The summed E-state index contributed by atoms with van der Waals surface area (Å²) in [4.78, 5) is 13.0. The Hall–Kier alpha value is -1.82. The molecule has 5 nitrogen and oxygen atoms in total. The third-order valence-corrected chi connectivity index (χ3v) is 2.86. The normalized spacial score (nSPS) is 10.1. The summed E-state index contributed by atoms with van der Waals surface area (Å²) in [6.07, 6.45) is 4.86. The second kappa shape index (κ2) is 4.80. The molecule has 0 spiro atoms. The molecule has 0 atom stereocenters. The van der Waals surface area contributed by atoms with Crippen LogP contribution in [-0.2, 0) is 0 Å². The van der Waals surface area contributed by atoms with E-state index in [1.165, 1.54) is 18.1 Å². The van der Waals surface area contributed by atoms with Gasteiger partial charge in [-0.05, 0) is 12.1 Å². The number of ether oxygens (including phenoxy) is 1. The van der Waals surface area contributed by atoms with Gasteiger partial charge in [0.1, 0.15) is 11.4 Å². The molecule has 6 heteroatoms. The molecular formula is C10H10N4OS. The topological polar surface area (TPSA) is 73.9 Å². The number of hydrogen-bond donors (Lipinski definition) is 1. The Kier molecular flexibility index (Phi) is 3.21. The van der Waals surface area contributed by atoms with Crippen molar-refractivity contribution in [1.29, 1.82) is 0 Å². The average Bonchev–Trinajstić information content (AvgIpc) is 2.31. The monoisotopic (exact) mass is 234 g/mol. The zero-order valence-electron chi connectivity index (χ0n) is 8.62. The molecule has 2 aromatic heterocycles. The molecule has 0 bridgehead atoms. The van der Waals surface area contributed by atoms with Gasteiger partial charge in [0, 0.05) is 17.3 Å². The summed E-state index contributed by atoms with van der Waals surface area (Å²) in [6, 6.07) is 3.78. The summed E-state index contributed by atoms with van der Waals surface area (Å²) >= 11 is 1.46. The molecule has 0 aliphatic carbocycles. The average molecular weight is 234 g/mol. The van der Waals surface area contributed by atoms with Gasteiger partial charge in [-0.2, -0.15) is 0 Å². The van der Waals surface area contributed by atoms with E-state index >= 15 is 0 Å². The summed E-state index contributed by atoms with van der Waals surface area (Å²) in [5, 5.41) is 0.696. The molecule has 82 valence electrons. The molecule has 0 aliphatic heterocycles. The zero-order valence-corrected chi connectivity index (χ0v) is 9.44. The van der Waals surface area contributed by atoms with E-state index < -0.39 is 0 Å². The molecule has 2 N–H and O–H groups in total. The Morgan fingerprint density at radius 2 is 2.00 bits per heavy atom. The molecule has 0 saturated carbocycles. The van der Waals surface area contributed by atoms with Crippen molar-refractivity contribution in [3.63, 3.8) is 0 Å². The first-order valence-electron chi connectivity index (χ1n) is 4.53. The Balaban J connectivity index is 2.31. The minimum Gasteiger partial charge on any atom is -0.490 e. The van der Waals surface area contributed by atoms with Crippen molar-refractivity contribution < 1.29 is 4.74 Å². The van der Waals surface area contributed by atoms with E-state index in [1.807, 2.05) is 12.1 Å². The molecule has 0 unspecified atom stereocenters. The number of anilines is 1. The summed E-state index contributed by atoms with van der Waals surface area (Å²) < 4.78 is 5.16. The number of rotatable bonds is 3. The maximum Gasteiger partial charge on any atom is 0.193 e. The quantitative estimate of drug-likeness (QED) is 0.813. The molecule has 0 amide bonds. The standard InChI is InChI=1S/C10H10N4OS/c1-15-8-9(11)13-6-14-10(8)16-7-2-4-12-5-3-7/h2-6H,1H3,(H2,11,13,14). The van der Waals surface area contributed by atoms with Gasteiger partial charge in [-0.3, -0.25) is 4.98 Å². The Labute approximate surface area is 97.1 Å². The van der Waals surface area contributed by atoms with Gasteiger partial charge in [-0.25, -0.2) is 9.97 Å². The Morgan fingerprint density at radius 3 is 2.69 bits per heavy atom. The summed E-state index contributed by atoms with van der Waals surface area (Å²) in [7, 11) is 1.55. The fraction of sp³-hybridized carbons (Fsp3) is 0.100. The fourth-order valence-corrected chi connectivity index (χ4v) is 2.01. The maximum atomic E-state index is 5.68. The highest BCUT2D eigenvalue weighted by atomic mass is 32.2. The molecule has 0 saturated heterocycles. The highest BCUT2D eigenvalue weighted by Gasteiger charge is 2.10. The third-order valence-electron chi connectivity index (χ3n) is 1.87. The Morgan fingerprint density at radius 1 is 1.25 bits per heavy atom. The van der Waals surface area contributed by atoms with Crippen LogP contribution in [0.3, 0.4) is 0 Å². The molecule has 2 heterocycles.